The minimum atomic E-state index is -0.0828. The van der Waals surface area contributed by atoms with Gasteiger partial charge in [-0.15, -0.1) is 0 Å². The van der Waals surface area contributed by atoms with Crippen LogP contribution in [0.25, 0.3) is 0 Å². The first-order valence-corrected chi connectivity index (χ1v) is 7.07. The molecule has 2 rings (SSSR count). The largest absolute Gasteiger partial charge is 0.358 e. The van der Waals surface area contributed by atoms with Crippen molar-refractivity contribution >= 4 is 11.8 Å². The van der Waals surface area contributed by atoms with E-state index >= 15 is 0 Å². The molecule has 0 aliphatic rings. The maximum atomic E-state index is 11.8. The first kappa shape index (κ1) is 20.6. The van der Waals surface area contributed by atoms with Crippen molar-refractivity contribution in [2.24, 2.45) is 0 Å². The number of thioether (sulfide) groups is 1. The van der Waals surface area contributed by atoms with Gasteiger partial charge in [0, 0.05) is 44.7 Å². The van der Waals surface area contributed by atoms with Gasteiger partial charge < -0.3 is 12.4 Å². The van der Waals surface area contributed by atoms with Gasteiger partial charge in [-0.3, -0.25) is 22.8 Å². The van der Waals surface area contributed by atoms with Crippen molar-refractivity contribution in [3.05, 3.63) is 70.2 Å². The Balaban J connectivity index is 0.00000200. The van der Waals surface area contributed by atoms with Crippen molar-refractivity contribution < 1.29 is 32.7 Å². The van der Waals surface area contributed by atoms with Gasteiger partial charge >= 0.3 is 0 Å². The quantitative estimate of drug-likeness (QED) is 0.505. The summed E-state index contributed by atoms with van der Waals surface area (Å²) in [5, 5.41) is 0.565. The molecule has 2 aromatic rings. The second-order valence-electron chi connectivity index (χ2n) is 4.76. The zero-order chi connectivity index (χ0) is 14.0. The fraction of sp³-hybridized carbons (Fsp3) is 0.250. The number of aromatic amines is 1. The van der Waals surface area contributed by atoms with Crippen molar-refractivity contribution in [1.82, 2.24) is 9.97 Å². The predicted octanol–water partition coefficient (Wildman–Crippen LogP) is 3.62. The van der Waals surface area contributed by atoms with Crippen molar-refractivity contribution in [3.8, 4) is 0 Å². The van der Waals surface area contributed by atoms with E-state index in [0.29, 0.717) is 17.1 Å². The summed E-state index contributed by atoms with van der Waals surface area (Å²) in [6.45, 7) is 5.96. The molecule has 0 spiro atoms. The van der Waals surface area contributed by atoms with Crippen molar-refractivity contribution in [1.29, 1.82) is 0 Å². The maximum absolute atomic E-state index is 11.8. The molecule has 0 atom stereocenters. The van der Waals surface area contributed by atoms with Crippen LogP contribution in [0, 0.1) is 34.5 Å². The Hall–Kier alpha value is -0.446. The molecule has 0 bridgehead atoms. The number of nitrogens with zero attached hydrogens (tertiary/aromatic N) is 1. The number of hydrogen-bond acceptors (Lipinski definition) is 3. The molecule has 0 unspecified atom stereocenters. The zero-order valence-electron chi connectivity index (χ0n) is 13.0. The van der Waals surface area contributed by atoms with Gasteiger partial charge in [-0.05, 0) is 26.3 Å². The average Bonchev–Trinajstić information content (AvgIpc) is 2.33. The van der Waals surface area contributed by atoms with E-state index in [1.54, 1.807) is 6.92 Å². The van der Waals surface area contributed by atoms with Crippen LogP contribution in [0.15, 0.2) is 28.2 Å². The smallest absolute Gasteiger partial charge is 0.254 e. The Morgan fingerprint density at radius 1 is 1.19 bits per heavy atom. The van der Waals surface area contributed by atoms with Crippen molar-refractivity contribution in [2.45, 2.75) is 32.3 Å². The summed E-state index contributed by atoms with van der Waals surface area (Å²) in [4.78, 5) is 19.0. The van der Waals surface area contributed by atoms with Crippen LogP contribution in [0.4, 0.5) is 0 Å². The van der Waals surface area contributed by atoms with Crippen molar-refractivity contribution in [3.63, 3.8) is 0 Å². The molecule has 1 aromatic carbocycles. The minimum absolute atomic E-state index is 0. The fourth-order valence-electron chi connectivity index (χ4n) is 2.16. The Labute approximate surface area is 156 Å². The van der Waals surface area contributed by atoms with E-state index in [0.717, 1.165) is 5.69 Å². The van der Waals surface area contributed by atoms with Gasteiger partial charge in [-0.2, -0.15) is 0 Å². The summed E-state index contributed by atoms with van der Waals surface area (Å²) in [5.41, 5.74) is 5.05. The van der Waals surface area contributed by atoms with Gasteiger partial charge in [-0.25, -0.2) is 4.98 Å². The molecular weight excluding hydrogens is 357 g/mol. The SMILES string of the molecule is [CH2-]Sc1nc(Cc2cc(C)cc(C)c2)c(C)c(=O)[nH]1.[CH3-].[Y]. The van der Waals surface area contributed by atoms with Crippen LogP contribution in [0.1, 0.15) is 27.9 Å². The molecular formula is C16H20N2OSY-2. The second kappa shape index (κ2) is 8.87. The second-order valence-corrected chi connectivity index (χ2v) is 5.44. The average molecular weight is 377 g/mol. The Morgan fingerprint density at radius 2 is 1.76 bits per heavy atom. The first-order valence-electron chi connectivity index (χ1n) is 6.08. The van der Waals surface area contributed by atoms with E-state index < -0.39 is 0 Å². The Bertz CT molecular complexity index is 648. The van der Waals surface area contributed by atoms with Gasteiger partial charge in [0.15, 0.2) is 0 Å². The third-order valence-corrected chi connectivity index (χ3v) is 3.49. The van der Waals surface area contributed by atoms with E-state index in [9.17, 15) is 4.79 Å². The summed E-state index contributed by atoms with van der Waals surface area (Å²) in [5.74, 6) is 0. The Kier molecular flexibility index (Phi) is 8.68. The summed E-state index contributed by atoms with van der Waals surface area (Å²) in [6.07, 6.45) is 4.36. The number of aromatic nitrogens is 2. The molecule has 0 aliphatic carbocycles. The summed E-state index contributed by atoms with van der Waals surface area (Å²) in [7, 11) is 0. The topological polar surface area (TPSA) is 45.8 Å². The van der Waals surface area contributed by atoms with Crippen LogP contribution >= 0.6 is 11.8 Å². The molecule has 0 aliphatic heterocycles. The van der Waals surface area contributed by atoms with Gasteiger partial charge in [0.2, 0.25) is 0 Å². The van der Waals surface area contributed by atoms with E-state index in [2.05, 4.69) is 48.3 Å². The normalized spacial score (nSPS) is 9.71. The van der Waals surface area contributed by atoms with Gasteiger partial charge in [0.05, 0.1) is 5.69 Å². The summed E-state index contributed by atoms with van der Waals surface area (Å²) < 4.78 is 0. The molecule has 1 aromatic heterocycles. The molecule has 1 radical (unpaired) electrons. The van der Waals surface area contributed by atoms with Crippen LogP contribution in [0.3, 0.4) is 0 Å². The zero-order valence-corrected chi connectivity index (χ0v) is 16.6. The summed E-state index contributed by atoms with van der Waals surface area (Å²) >= 11 is 1.21. The van der Waals surface area contributed by atoms with Crippen LogP contribution in [-0.4, -0.2) is 9.97 Å². The molecule has 0 fully saturated rings. The van der Waals surface area contributed by atoms with Gasteiger partial charge in [0.25, 0.3) is 5.56 Å². The molecule has 0 saturated carbocycles. The van der Waals surface area contributed by atoms with Gasteiger partial charge in [0.1, 0.15) is 5.16 Å². The van der Waals surface area contributed by atoms with Crippen LogP contribution in [-0.2, 0) is 39.1 Å². The monoisotopic (exact) mass is 377 g/mol. The molecule has 1 N–H and O–H groups in total. The van der Waals surface area contributed by atoms with Crippen LogP contribution in [0.2, 0.25) is 0 Å². The fourth-order valence-corrected chi connectivity index (χ4v) is 2.50. The van der Waals surface area contributed by atoms with Crippen LogP contribution in [0.5, 0.6) is 0 Å². The number of benzene rings is 1. The number of aryl methyl sites for hydroxylation is 2. The molecule has 111 valence electrons. The first-order chi connectivity index (χ1) is 8.99. The third-order valence-electron chi connectivity index (χ3n) is 3.02. The molecule has 3 nitrogen and oxygen atoms in total. The maximum Gasteiger partial charge on any atom is 0.254 e. The third kappa shape index (κ3) is 5.35. The Morgan fingerprint density at radius 3 is 2.29 bits per heavy atom. The molecule has 5 heteroatoms. The molecule has 21 heavy (non-hydrogen) atoms. The molecule has 1 heterocycles. The predicted molar refractivity (Wildman–Crippen MR) is 85.9 cm³/mol. The molecule has 0 saturated heterocycles. The van der Waals surface area contributed by atoms with E-state index in [1.165, 1.54) is 28.5 Å². The number of H-pyrrole nitrogens is 1. The van der Waals surface area contributed by atoms with E-state index in [1.807, 2.05) is 0 Å². The van der Waals surface area contributed by atoms with E-state index in [4.69, 9.17) is 0 Å². The minimum Gasteiger partial charge on any atom is -0.358 e. The summed E-state index contributed by atoms with van der Waals surface area (Å²) in [6, 6.07) is 6.40. The standard InChI is InChI=1S/C15H17N2OS.CH3.Y/c1-9-5-10(2)7-12(6-9)8-13-11(3)14(18)17-15(16-13)19-4;;/h5-7H,4,8H2,1-3H3,(H,16,17,18);1H3;/q2*-1;. The number of hydrogen-bond donors (Lipinski definition) is 1. The van der Waals surface area contributed by atoms with E-state index in [-0.39, 0.29) is 45.7 Å². The number of rotatable bonds is 3. The molecule has 0 amide bonds. The number of nitrogens with one attached hydrogen (secondary N) is 1. The van der Waals surface area contributed by atoms with Gasteiger partial charge in [-0.1, -0.05) is 29.3 Å². The van der Waals surface area contributed by atoms with Crippen molar-refractivity contribution in [2.75, 3.05) is 0 Å². The van der Waals surface area contributed by atoms with Crippen LogP contribution < -0.4 is 5.56 Å².